The Bertz CT molecular complexity index is 86.9. The summed E-state index contributed by atoms with van der Waals surface area (Å²) < 4.78 is 0. The number of hydrogen-bond acceptors (Lipinski definition) is 0. The Kier molecular flexibility index (Phi) is 7.16. The highest BCUT2D eigenvalue weighted by Crippen LogP contribution is 2.11. The average molecular weight is 161 g/mol. The topological polar surface area (TPSA) is 0 Å². The lowest BCUT2D eigenvalue weighted by Gasteiger charge is -2.01. The molecule has 0 N–H and O–H groups in total. The van der Waals surface area contributed by atoms with Crippen molar-refractivity contribution in [1.29, 1.82) is 0 Å². The van der Waals surface area contributed by atoms with Crippen LogP contribution in [-0.2, 0) is 0 Å². The molecule has 0 aliphatic heterocycles. The lowest BCUT2D eigenvalue weighted by Crippen LogP contribution is -1.83. The van der Waals surface area contributed by atoms with Gasteiger partial charge in [-0.2, -0.15) is 0 Å². The average Bonchev–Trinajstić information content (AvgIpc) is 1.90. The fourth-order valence-electron chi connectivity index (χ4n) is 1.08. The molecule has 10 heavy (non-hydrogen) atoms. The van der Waals surface area contributed by atoms with E-state index in [-0.39, 0.29) is 0 Å². The molecule has 0 aliphatic rings. The monoisotopic (exact) mass is 160 g/mol. The van der Waals surface area contributed by atoms with Crippen LogP contribution in [-0.4, -0.2) is 5.88 Å². The number of halogens is 1. The van der Waals surface area contributed by atoms with Crippen molar-refractivity contribution in [2.45, 2.75) is 39.5 Å². The predicted octanol–water partition coefficient (Wildman–Crippen LogP) is 3.75. The third kappa shape index (κ3) is 4.87. The number of alkyl halides is 1. The van der Waals surface area contributed by atoms with Crippen LogP contribution in [0.2, 0.25) is 0 Å². The van der Waals surface area contributed by atoms with Gasteiger partial charge >= 0.3 is 0 Å². The first-order valence-corrected chi connectivity index (χ1v) is 4.62. The van der Waals surface area contributed by atoms with Gasteiger partial charge in [0.2, 0.25) is 0 Å². The molecule has 1 heteroatoms. The normalized spacial score (nSPS) is 9.50. The molecule has 0 radical (unpaired) electrons. The summed E-state index contributed by atoms with van der Waals surface area (Å²) in [5, 5.41) is 0. The van der Waals surface area contributed by atoms with Crippen molar-refractivity contribution in [1.82, 2.24) is 0 Å². The minimum absolute atomic E-state index is 0.676. The van der Waals surface area contributed by atoms with Crippen LogP contribution in [0.25, 0.3) is 0 Å². The fourth-order valence-corrected chi connectivity index (χ4v) is 1.30. The molecule has 0 bridgehead atoms. The first kappa shape index (κ1) is 10.0. The first-order valence-electron chi connectivity index (χ1n) is 4.09. The van der Waals surface area contributed by atoms with Crippen molar-refractivity contribution in [2.75, 3.05) is 5.88 Å². The Labute approximate surface area is 69.3 Å². The molecule has 0 aromatic carbocycles. The summed E-state index contributed by atoms with van der Waals surface area (Å²) in [7, 11) is 0. The van der Waals surface area contributed by atoms with Crippen LogP contribution in [0, 0.1) is 0 Å². The molecule has 0 unspecified atom stereocenters. The van der Waals surface area contributed by atoms with Gasteiger partial charge in [0.15, 0.2) is 0 Å². The van der Waals surface area contributed by atoms with E-state index >= 15 is 0 Å². The highest BCUT2D eigenvalue weighted by molar-refractivity contribution is 6.18. The summed E-state index contributed by atoms with van der Waals surface area (Å²) in [6.07, 6.45) is 7.07. The van der Waals surface area contributed by atoms with Crippen LogP contribution in [0.1, 0.15) is 39.5 Å². The van der Waals surface area contributed by atoms with E-state index < -0.39 is 0 Å². The molecule has 0 fully saturated rings. The van der Waals surface area contributed by atoms with Gasteiger partial charge in [0.1, 0.15) is 0 Å². The molecule has 0 rings (SSSR count). The van der Waals surface area contributed by atoms with Gasteiger partial charge in [-0.15, -0.1) is 11.6 Å². The zero-order valence-electron chi connectivity index (χ0n) is 6.99. The first-order chi connectivity index (χ1) is 4.85. The number of rotatable bonds is 5. The summed E-state index contributed by atoms with van der Waals surface area (Å²) >= 11 is 5.59. The van der Waals surface area contributed by atoms with E-state index in [0.717, 1.165) is 0 Å². The lowest BCUT2D eigenvalue weighted by molar-refractivity contribution is 0.801. The van der Waals surface area contributed by atoms with Crippen molar-refractivity contribution in [3.8, 4) is 0 Å². The van der Waals surface area contributed by atoms with Crippen molar-refractivity contribution >= 4 is 11.6 Å². The van der Waals surface area contributed by atoms with E-state index in [4.69, 9.17) is 11.6 Å². The van der Waals surface area contributed by atoms with E-state index in [1.807, 2.05) is 0 Å². The van der Waals surface area contributed by atoms with E-state index in [9.17, 15) is 0 Å². The van der Waals surface area contributed by atoms with E-state index in [0.29, 0.717) is 5.88 Å². The molecule has 0 saturated carbocycles. The Morgan fingerprint density at radius 1 is 1.20 bits per heavy atom. The molecule has 0 nitrogen and oxygen atoms in total. The maximum absolute atomic E-state index is 5.59. The molecule has 0 amide bonds. The van der Waals surface area contributed by atoms with Gasteiger partial charge in [-0.1, -0.05) is 38.3 Å². The summed E-state index contributed by atoms with van der Waals surface area (Å²) in [5.41, 5.74) is 1.53. The molecule has 0 spiro atoms. The summed E-state index contributed by atoms with van der Waals surface area (Å²) in [6, 6.07) is 0. The Morgan fingerprint density at radius 2 is 1.70 bits per heavy atom. The zero-order valence-corrected chi connectivity index (χ0v) is 7.75. The molecular formula is C9H17Cl. The van der Waals surface area contributed by atoms with Crippen molar-refractivity contribution in [2.24, 2.45) is 0 Å². The summed E-state index contributed by atoms with van der Waals surface area (Å²) in [6.45, 7) is 4.41. The largest absolute Gasteiger partial charge is 0.122 e. The Morgan fingerprint density at radius 3 is 2.00 bits per heavy atom. The maximum Gasteiger partial charge on any atom is 0.0406 e. The second kappa shape index (κ2) is 7.14. The summed E-state index contributed by atoms with van der Waals surface area (Å²) in [5.74, 6) is 0.676. The quantitative estimate of drug-likeness (QED) is 0.425. The minimum atomic E-state index is 0.676. The minimum Gasteiger partial charge on any atom is -0.122 e. The molecule has 0 aromatic heterocycles. The van der Waals surface area contributed by atoms with Gasteiger partial charge in [-0.05, 0) is 12.8 Å². The molecule has 0 heterocycles. The highest BCUT2D eigenvalue weighted by Gasteiger charge is 1.92. The fraction of sp³-hybridized carbons (Fsp3) is 0.778. The zero-order chi connectivity index (χ0) is 7.82. The van der Waals surface area contributed by atoms with Gasteiger partial charge in [0.25, 0.3) is 0 Å². The van der Waals surface area contributed by atoms with Crippen LogP contribution in [0.15, 0.2) is 11.6 Å². The maximum atomic E-state index is 5.59. The molecule has 60 valence electrons. The van der Waals surface area contributed by atoms with Crippen LogP contribution in [0.4, 0.5) is 0 Å². The highest BCUT2D eigenvalue weighted by atomic mass is 35.5. The van der Waals surface area contributed by atoms with Crippen LogP contribution < -0.4 is 0 Å². The van der Waals surface area contributed by atoms with E-state index in [1.54, 1.807) is 0 Å². The van der Waals surface area contributed by atoms with E-state index in [1.165, 1.54) is 31.3 Å². The number of hydrogen-bond donors (Lipinski definition) is 0. The standard InChI is InChI=1S/C9H17Cl/c1-3-5-9(6-4-2)7-8-10/h7H,3-6,8H2,1-2H3. The van der Waals surface area contributed by atoms with Crippen LogP contribution in [0.3, 0.4) is 0 Å². The smallest absolute Gasteiger partial charge is 0.0406 e. The second-order valence-electron chi connectivity index (χ2n) is 2.52. The number of allylic oxidation sites excluding steroid dienone is 2. The summed E-state index contributed by atoms with van der Waals surface area (Å²) in [4.78, 5) is 0. The van der Waals surface area contributed by atoms with E-state index in [2.05, 4.69) is 19.9 Å². The van der Waals surface area contributed by atoms with Gasteiger partial charge in [-0.3, -0.25) is 0 Å². The molecule has 0 atom stereocenters. The van der Waals surface area contributed by atoms with Gasteiger partial charge in [0.05, 0.1) is 0 Å². The van der Waals surface area contributed by atoms with Crippen molar-refractivity contribution < 1.29 is 0 Å². The lowest BCUT2D eigenvalue weighted by atomic mass is 10.1. The Hall–Kier alpha value is 0.0300. The molecule has 0 aliphatic carbocycles. The van der Waals surface area contributed by atoms with Crippen molar-refractivity contribution in [3.63, 3.8) is 0 Å². The Balaban J connectivity index is 3.60. The predicted molar refractivity (Wildman–Crippen MR) is 48.6 cm³/mol. The van der Waals surface area contributed by atoms with Crippen LogP contribution >= 0.6 is 11.6 Å². The second-order valence-corrected chi connectivity index (χ2v) is 2.83. The molecular weight excluding hydrogens is 144 g/mol. The van der Waals surface area contributed by atoms with Gasteiger partial charge < -0.3 is 0 Å². The van der Waals surface area contributed by atoms with Crippen LogP contribution in [0.5, 0.6) is 0 Å². The SMILES string of the molecule is CCCC(=CCCl)CCC. The third-order valence-electron chi connectivity index (χ3n) is 1.51. The van der Waals surface area contributed by atoms with Gasteiger partial charge in [-0.25, -0.2) is 0 Å². The third-order valence-corrected chi connectivity index (χ3v) is 1.66. The molecule has 0 aromatic rings. The van der Waals surface area contributed by atoms with Crippen molar-refractivity contribution in [3.05, 3.63) is 11.6 Å². The van der Waals surface area contributed by atoms with Gasteiger partial charge in [0, 0.05) is 5.88 Å². The molecule has 0 saturated heterocycles.